The van der Waals surface area contributed by atoms with Gasteiger partial charge < -0.3 is 0 Å². The monoisotopic (exact) mass is 380 g/mol. The van der Waals surface area contributed by atoms with E-state index in [1.807, 2.05) is 0 Å². The molecule has 0 spiro atoms. The van der Waals surface area contributed by atoms with Crippen LogP contribution in [0, 0.1) is 19.7 Å². The summed E-state index contributed by atoms with van der Waals surface area (Å²) >= 11 is 3.18. The van der Waals surface area contributed by atoms with Crippen LogP contribution in [0.1, 0.15) is 17.0 Å². The smallest absolute Gasteiger partial charge is 0.264 e. The van der Waals surface area contributed by atoms with Crippen molar-refractivity contribution >= 4 is 35.7 Å². The van der Waals surface area contributed by atoms with Gasteiger partial charge in [0, 0.05) is 20.7 Å². The van der Waals surface area contributed by atoms with Crippen LogP contribution < -0.4 is 0 Å². The van der Waals surface area contributed by atoms with Crippen molar-refractivity contribution in [3.8, 4) is 0 Å². The molecule has 0 bridgehead atoms. The summed E-state index contributed by atoms with van der Waals surface area (Å²) in [6.45, 7) is 3.28. The van der Waals surface area contributed by atoms with Crippen molar-refractivity contribution in [3.05, 3.63) is 45.4 Å². The number of benzene rings is 1. The SMILES string of the molecule is Cc1nn(Cc2ccc(Br)cc2F)c(C)c1S(=O)(=O)Cl. The fraction of sp³-hybridized carbons (Fsp3) is 0.250. The van der Waals surface area contributed by atoms with Gasteiger partial charge in [-0.15, -0.1) is 0 Å². The summed E-state index contributed by atoms with van der Waals surface area (Å²) in [6, 6.07) is 4.67. The molecule has 0 aliphatic heterocycles. The Morgan fingerprint density at radius 2 is 2.05 bits per heavy atom. The zero-order chi connectivity index (χ0) is 15.1. The Kier molecular flexibility index (Phi) is 4.22. The molecule has 0 atom stereocenters. The highest BCUT2D eigenvalue weighted by atomic mass is 79.9. The maximum atomic E-state index is 13.8. The van der Waals surface area contributed by atoms with E-state index in [-0.39, 0.29) is 17.3 Å². The lowest BCUT2D eigenvalue weighted by Crippen LogP contribution is -2.06. The van der Waals surface area contributed by atoms with Crippen molar-refractivity contribution in [1.82, 2.24) is 9.78 Å². The molecule has 4 nitrogen and oxygen atoms in total. The van der Waals surface area contributed by atoms with Crippen LogP contribution in [-0.2, 0) is 15.6 Å². The van der Waals surface area contributed by atoms with Gasteiger partial charge in [-0.05, 0) is 26.0 Å². The zero-order valence-corrected chi connectivity index (χ0v) is 13.9. The van der Waals surface area contributed by atoms with Crippen molar-refractivity contribution in [2.75, 3.05) is 0 Å². The number of halogens is 3. The first-order valence-electron chi connectivity index (χ1n) is 5.62. The predicted octanol–water partition coefficient (Wildman–Crippen LogP) is 3.38. The summed E-state index contributed by atoms with van der Waals surface area (Å²) < 4.78 is 38.8. The van der Waals surface area contributed by atoms with Gasteiger partial charge in [0.25, 0.3) is 9.05 Å². The van der Waals surface area contributed by atoms with Gasteiger partial charge in [0.15, 0.2) is 0 Å². The fourth-order valence-electron chi connectivity index (χ4n) is 2.00. The molecule has 2 rings (SSSR count). The molecular weight excluding hydrogens is 371 g/mol. The molecule has 0 saturated heterocycles. The first kappa shape index (κ1) is 15.5. The van der Waals surface area contributed by atoms with Crippen molar-refractivity contribution in [1.29, 1.82) is 0 Å². The van der Waals surface area contributed by atoms with Gasteiger partial charge in [-0.1, -0.05) is 22.0 Å². The molecule has 0 unspecified atom stereocenters. The van der Waals surface area contributed by atoms with Gasteiger partial charge in [-0.2, -0.15) is 5.10 Å². The van der Waals surface area contributed by atoms with Crippen molar-refractivity contribution in [3.63, 3.8) is 0 Å². The van der Waals surface area contributed by atoms with Crippen LogP contribution in [-0.4, -0.2) is 18.2 Å². The van der Waals surface area contributed by atoms with E-state index in [1.54, 1.807) is 26.0 Å². The third-order valence-electron chi connectivity index (χ3n) is 2.89. The van der Waals surface area contributed by atoms with E-state index < -0.39 is 9.05 Å². The standard InChI is InChI=1S/C12H11BrClFN2O2S/c1-7-12(20(14,18)19)8(2)17(16-7)6-9-3-4-10(13)5-11(9)15/h3-5H,6H2,1-2H3. The summed E-state index contributed by atoms with van der Waals surface area (Å²) in [4.78, 5) is -0.0170. The minimum atomic E-state index is -3.86. The molecule has 1 aromatic heterocycles. The van der Waals surface area contributed by atoms with E-state index in [2.05, 4.69) is 21.0 Å². The molecule has 0 saturated carbocycles. The highest BCUT2D eigenvalue weighted by Crippen LogP contribution is 2.24. The molecule has 0 aliphatic rings. The Balaban J connectivity index is 2.46. The number of aromatic nitrogens is 2. The lowest BCUT2D eigenvalue weighted by atomic mass is 10.2. The van der Waals surface area contributed by atoms with Crippen LogP contribution >= 0.6 is 26.6 Å². The van der Waals surface area contributed by atoms with Crippen molar-refractivity contribution < 1.29 is 12.8 Å². The maximum absolute atomic E-state index is 13.8. The molecule has 0 N–H and O–H groups in total. The second-order valence-corrected chi connectivity index (χ2v) is 7.75. The quantitative estimate of drug-likeness (QED) is 0.766. The summed E-state index contributed by atoms with van der Waals surface area (Å²) in [5, 5.41) is 4.11. The first-order valence-corrected chi connectivity index (χ1v) is 8.73. The molecule has 1 heterocycles. The van der Waals surface area contributed by atoms with E-state index in [1.165, 1.54) is 10.7 Å². The summed E-state index contributed by atoms with van der Waals surface area (Å²) in [7, 11) is 1.51. The molecule has 0 aliphatic carbocycles. The van der Waals surface area contributed by atoms with E-state index in [0.29, 0.717) is 21.4 Å². The lowest BCUT2D eigenvalue weighted by Gasteiger charge is -2.06. The van der Waals surface area contributed by atoms with Gasteiger partial charge in [0.05, 0.1) is 17.9 Å². The third kappa shape index (κ3) is 3.05. The van der Waals surface area contributed by atoms with Crippen LogP contribution in [0.25, 0.3) is 0 Å². The largest absolute Gasteiger partial charge is 0.264 e. The van der Waals surface area contributed by atoms with Crippen molar-refractivity contribution in [2.45, 2.75) is 25.3 Å². The number of hydrogen-bond donors (Lipinski definition) is 0. The molecule has 20 heavy (non-hydrogen) atoms. The van der Waals surface area contributed by atoms with Crippen LogP contribution in [0.2, 0.25) is 0 Å². The minimum absolute atomic E-state index is 0.0170. The van der Waals surface area contributed by atoms with E-state index >= 15 is 0 Å². The van der Waals surface area contributed by atoms with Gasteiger partial charge in [0.2, 0.25) is 0 Å². The maximum Gasteiger partial charge on any atom is 0.264 e. The van der Waals surface area contributed by atoms with Gasteiger partial charge in [-0.25, -0.2) is 12.8 Å². The summed E-state index contributed by atoms with van der Waals surface area (Å²) in [6.07, 6.45) is 0. The van der Waals surface area contributed by atoms with Crippen LogP contribution in [0.5, 0.6) is 0 Å². The Morgan fingerprint density at radius 3 is 2.55 bits per heavy atom. The van der Waals surface area contributed by atoms with Gasteiger partial charge >= 0.3 is 0 Å². The number of nitrogens with zero attached hydrogens (tertiary/aromatic N) is 2. The first-order chi connectivity index (χ1) is 9.20. The summed E-state index contributed by atoms with van der Waals surface area (Å²) in [5.41, 5.74) is 1.10. The molecule has 0 fully saturated rings. The topological polar surface area (TPSA) is 52.0 Å². The zero-order valence-electron chi connectivity index (χ0n) is 10.7. The molecule has 108 valence electrons. The fourth-order valence-corrected chi connectivity index (χ4v) is 3.85. The third-order valence-corrected chi connectivity index (χ3v) is 4.93. The number of hydrogen-bond acceptors (Lipinski definition) is 3. The van der Waals surface area contributed by atoms with Crippen LogP contribution in [0.3, 0.4) is 0 Å². The van der Waals surface area contributed by atoms with Gasteiger partial charge in [0.1, 0.15) is 10.7 Å². The lowest BCUT2D eigenvalue weighted by molar-refractivity contribution is 0.577. The second-order valence-electron chi connectivity index (χ2n) is 4.33. The molecule has 8 heteroatoms. The van der Waals surface area contributed by atoms with Gasteiger partial charge in [-0.3, -0.25) is 4.68 Å². The average molecular weight is 382 g/mol. The highest BCUT2D eigenvalue weighted by molar-refractivity contribution is 9.10. The van der Waals surface area contributed by atoms with E-state index in [9.17, 15) is 12.8 Å². The number of rotatable bonds is 3. The summed E-state index contributed by atoms with van der Waals surface area (Å²) in [5.74, 6) is -0.387. The van der Waals surface area contributed by atoms with E-state index in [0.717, 1.165) is 0 Å². The molecule has 0 radical (unpaired) electrons. The molecule has 0 amide bonds. The average Bonchev–Trinajstić information content (AvgIpc) is 2.57. The predicted molar refractivity (Wildman–Crippen MR) is 77.9 cm³/mol. The minimum Gasteiger partial charge on any atom is -0.264 e. The highest BCUT2D eigenvalue weighted by Gasteiger charge is 2.22. The second kappa shape index (κ2) is 5.46. The Morgan fingerprint density at radius 1 is 1.40 bits per heavy atom. The molecular formula is C12H11BrClFN2O2S. The molecule has 1 aromatic carbocycles. The van der Waals surface area contributed by atoms with Crippen LogP contribution in [0.4, 0.5) is 4.39 Å². The van der Waals surface area contributed by atoms with Crippen molar-refractivity contribution in [2.24, 2.45) is 0 Å². The Bertz CT molecular complexity index is 774. The number of aryl methyl sites for hydroxylation is 1. The molecule has 2 aromatic rings. The normalized spacial score (nSPS) is 11.8. The Hall–Kier alpha value is -0.920. The van der Waals surface area contributed by atoms with Crippen LogP contribution in [0.15, 0.2) is 27.6 Å². The van der Waals surface area contributed by atoms with E-state index in [4.69, 9.17) is 10.7 Å². The Labute approximate surface area is 129 Å².